The number of hydrogen-bond acceptors (Lipinski definition) is 3. The molecule has 2 rings (SSSR count). The average Bonchev–Trinajstić information content (AvgIpc) is 3.04. The summed E-state index contributed by atoms with van der Waals surface area (Å²) in [6, 6.07) is 0. The molecule has 0 spiro atoms. The number of ether oxygens (including phenoxy) is 1. The average molecular weight is 241 g/mol. The highest BCUT2D eigenvalue weighted by Crippen LogP contribution is 2.34. The number of β-amino-alcohol motifs (C(OH)–C–C–N with tert-alkyl or cyclic N) is 1. The Labute approximate surface area is 105 Å². The zero-order chi connectivity index (χ0) is 12.3. The molecule has 2 aliphatic carbocycles. The normalized spacial score (nSPS) is 33.4. The molecule has 0 bridgehead atoms. The number of aliphatic hydroxyl groups is 1. The van der Waals surface area contributed by atoms with Crippen LogP contribution in [0.3, 0.4) is 0 Å². The summed E-state index contributed by atoms with van der Waals surface area (Å²) >= 11 is 0. The molecule has 100 valence electrons. The molecule has 0 heterocycles. The van der Waals surface area contributed by atoms with Crippen molar-refractivity contribution in [2.24, 2.45) is 5.92 Å². The van der Waals surface area contributed by atoms with Crippen LogP contribution in [0.4, 0.5) is 0 Å². The van der Waals surface area contributed by atoms with Crippen molar-refractivity contribution < 1.29 is 9.84 Å². The van der Waals surface area contributed by atoms with E-state index in [0.29, 0.717) is 30.7 Å². The van der Waals surface area contributed by atoms with E-state index in [-0.39, 0.29) is 6.10 Å². The van der Waals surface area contributed by atoms with Gasteiger partial charge in [-0.25, -0.2) is 0 Å². The van der Waals surface area contributed by atoms with E-state index in [1.165, 1.54) is 38.5 Å². The second-order valence-corrected chi connectivity index (χ2v) is 6.23. The molecule has 2 N–H and O–H groups in total. The first-order valence-corrected chi connectivity index (χ1v) is 7.14. The van der Waals surface area contributed by atoms with Crippen molar-refractivity contribution in [2.45, 2.75) is 70.1 Å². The second kappa shape index (κ2) is 5.68. The highest BCUT2D eigenvalue weighted by molar-refractivity contribution is 4.97. The number of hydrogen-bond donors (Lipinski definition) is 2. The predicted octanol–water partition coefficient (Wildman–Crippen LogP) is 2.08. The van der Waals surface area contributed by atoms with Gasteiger partial charge in [0.05, 0.1) is 18.8 Å². The number of nitrogens with one attached hydrogen (secondary N) is 1. The molecular weight excluding hydrogens is 214 g/mol. The van der Waals surface area contributed by atoms with Crippen molar-refractivity contribution in [1.29, 1.82) is 0 Å². The fraction of sp³-hybridized carbons (Fsp3) is 1.00. The topological polar surface area (TPSA) is 41.5 Å². The molecule has 3 heteroatoms. The Balaban J connectivity index is 1.59. The lowest BCUT2D eigenvalue weighted by atomic mass is 9.88. The van der Waals surface area contributed by atoms with Gasteiger partial charge in [-0.3, -0.25) is 0 Å². The van der Waals surface area contributed by atoms with Crippen molar-refractivity contribution in [3.8, 4) is 0 Å². The first kappa shape index (κ1) is 13.3. The van der Waals surface area contributed by atoms with E-state index >= 15 is 0 Å². The van der Waals surface area contributed by atoms with E-state index in [1.807, 2.05) is 0 Å². The minimum Gasteiger partial charge on any atom is -0.389 e. The first-order valence-electron chi connectivity index (χ1n) is 7.14. The molecule has 2 aliphatic rings. The maximum absolute atomic E-state index is 9.87. The molecule has 0 amide bonds. The Hall–Kier alpha value is -0.120. The van der Waals surface area contributed by atoms with Crippen LogP contribution in [0.15, 0.2) is 0 Å². The SMILES string of the molecule is CC1CCCCC1OCC(O)CNC1(C)CC1. The van der Waals surface area contributed by atoms with Gasteiger partial charge >= 0.3 is 0 Å². The zero-order valence-electron chi connectivity index (χ0n) is 11.2. The van der Waals surface area contributed by atoms with Gasteiger partial charge < -0.3 is 15.2 Å². The molecule has 3 unspecified atom stereocenters. The van der Waals surface area contributed by atoms with Crippen LogP contribution in [0.2, 0.25) is 0 Å². The lowest BCUT2D eigenvalue weighted by molar-refractivity contribution is -0.0457. The van der Waals surface area contributed by atoms with Gasteiger partial charge in [-0.2, -0.15) is 0 Å². The molecule has 0 aliphatic heterocycles. The lowest BCUT2D eigenvalue weighted by Gasteiger charge is -2.29. The first-order chi connectivity index (χ1) is 8.09. The Bertz CT molecular complexity index is 240. The van der Waals surface area contributed by atoms with E-state index in [9.17, 15) is 5.11 Å². The van der Waals surface area contributed by atoms with E-state index in [0.717, 1.165) is 0 Å². The summed E-state index contributed by atoms with van der Waals surface area (Å²) in [4.78, 5) is 0. The third kappa shape index (κ3) is 4.23. The van der Waals surface area contributed by atoms with Crippen molar-refractivity contribution in [1.82, 2.24) is 5.32 Å². The third-order valence-electron chi connectivity index (χ3n) is 4.30. The van der Waals surface area contributed by atoms with Gasteiger partial charge in [0.25, 0.3) is 0 Å². The summed E-state index contributed by atoms with van der Waals surface area (Å²) in [5.74, 6) is 0.657. The van der Waals surface area contributed by atoms with Gasteiger partial charge in [0, 0.05) is 12.1 Å². The maximum Gasteiger partial charge on any atom is 0.0898 e. The minimum absolute atomic E-state index is 0.305. The van der Waals surface area contributed by atoms with E-state index in [1.54, 1.807) is 0 Å². The molecule has 2 saturated carbocycles. The summed E-state index contributed by atoms with van der Waals surface area (Å²) in [7, 11) is 0. The van der Waals surface area contributed by atoms with E-state index in [4.69, 9.17) is 4.74 Å². The van der Waals surface area contributed by atoms with E-state index in [2.05, 4.69) is 19.2 Å². The summed E-state index contributed by atoms with van der Waals surface area (Å²) < 4.78 is 5.85. The third-order valence-corrected chi connectivity index (χ3v) is 4.30. The lowest BCUT2D eigenvalue weighted by Crippen LogP contribution is -2.38. The van der Waals surface area contributed by atoms with Crippen LogP contribution in [0.5, 0.6) is 0 Å². The molecule has 0 aromatic carbocycles. The molecule has 2 fully saturated rings. The maximum atomic E-state index is 9.87. The Morgan fingerprint density at radius 1 is 1.35 bits per heavy atom. The van der Waals surface area contributed by atoms with Crippen LogP contribution < -0.4 is 5.32 Å². The van der Waals surface area contributed by atoms with Gasteiger partial charge in [-0.15, -0.1) is 0 Å². The monoisotopic (exact) mass is 241 g/mol. The van der Waals surface area contributed by atoms with Crippen LogP contribution in [0.1, 0.15) is 52.4 Å². The number of aliphatic hydroxyl groups excluding tert-OH is 1. The summed E-state index contributed by atoms with van der Waals surface area (Å²) in [6.07, 6.45) is 7.54. The Morgan fingerprint density at radius 3 is 2.71 bits per heavy atom. The molecule has 17 heavy (non-hydrogen) atoms. The van der Waals surface area contributed by atoms with Crippen molar-refractivity contribution in [3.05, 3.63) is 0 Å². The van der Waals surface area contributed by atoms with Gasteiger partial charge in [0.15, 0.2) is 0 Å². The van der Waals surface area contributed by atoms with Crippen LogP contribution in [0.25, 0.3) is 0 Å². The molecule has 0 radical (unpaired) electrons. The van der Waals surface area contributed by atoms with Crippen LogP contribution >= 0.6 is 0 Å². The zero-order valence-corrected chi connectivity index (χ0v) is 11.2. The fourth-order valence-corrected chi connectivity index (χ4v) is 2.55. The fourth-order valence-electron chi connectivity index (χ4n) is 2.55. The smallest absolute Gasteiger partial charge is 0.0898 e. The van der Waals surface area contributed by atoms with Gasteiger partial charge in [0.1, 0.15) is 0 Å². The quantitative estimate of drug-likeness (QED) is 0.748. The highest BCUT2D eigenvalue weighted by Gasteiger charge is 2.36. The van der Waals surface area contributed by atoms with Crippen molar-refractivity contribution >= 4 is 0 Å². The van der Waals surface area contributed by atoms with Gasteiger partial charge in [-0.1, -0.05) is 19.8 Å². The number of rotatable bonds is 6. The van der Waals surface area contributed by atoms with Gasteiger partial charge in [-0.05, 0) is 38.5 Å². The van der Waals surface area contributed by atoms with Crippen LogP contribution in [0, 0.1) is 5.92 Å². The standard InChI is InChI=1S/C14H27NO2/c1-11-5-3-4-6-13(11)17-10-12(16)9-15-14(2)7-8-14/h11-13,15-16H,3-10H2,1-2H3. The largest absolute Gasteiger partial charge is 0.389 e. The highest BCUT2D eigenvalue weighted by atomic mass is 16.5. The second-order valence-electron chi connectivity index (χ2n) is 6.23. The summed E-state index contributed by atoms with van der Waals surface area (Å²) in [5, 5.41) is 13.3. The predicted molar refractivity (Wildman–Crippen MR) is 69.0 cm³/mol. The molecule has 0 aromatic heterocycles. The van der Waals surface area contributed by atoms with Gasteiger partial charge in [0.2, 0.25) is 0 Å². The van der Waals surface area contributed by atoms with E-state index < -0.39 is 0 Å². The molecule has 3 nitrogen and oxygen atoms in total. The van der Waals surface area contributed by atoms with Crippen LogP contribution in [-0.4, -0.2) is 36.0 Å². The van der Waals surface area contributed by atoms with Crippen molar-refractivity contribution in [3.63, 3.8) is 0 Å². The summed E-state index contributed by atoms with van der Waals surface area (Å²) in [5.41, 5.74) is 0.305. The summed E-state index contributed by atoms with van der Waals surface area (Å²) in [6.45, 7) is 5.62. The minimum atomic E-state index is -0.360. The Kier molecular flexibility index (Phi) is 4.45. The molecule has 0 aromatic rings. The Morgan fingerprint density at radius 2 is 2.06 bits per heavy atom. The van der Waals surface area contributed by atoms with Crippen LogP contribution in [-0.2, 0) is 4.74 Å². The van der Waals surface area contributed by atoms with Crippen molar-refractivity contribution in [2.75, 3.05) is 13.2 Å². The molecule has 0 saturated heterocycles. The molecular formula is C14H27NO2. The molecule has 3 atom stereocenters.